The highest BCUT2D eigenvalue weighted by atomic mass is 16.5. The van der Waals surface area contributed by atoms with Crippen LogP contribution in [0, 0.1) is 28.1 Å². The number of nitriles is 2. The summed E-state index contributed by atoms with van der Waals surface area (Å²) in [6.07, 6.45) is 5.19. The van der Waals surface area contributed by atoms with Crippen molar-refractivity contribution in [2.45, 2.75) is 24.9 Å². The number of Topliss-reactive ketones (excluding diaryl/α,β-unsaturated/α-hetero) is 1. The Morgan fingerprint density at radius 3 is 2.41 bits per heavy atom. The summed E-state index contributed by atoms with van der Waals surface area (Å²) in [5.74, 6) is -0.832. The van der Waals surface area contributed by atoms with Crippen molar-refractivity contribution in [3.05, 3.63) is 89.9 Å². The van der Waals surface area contributed by atoms with Crippen molar-refractivity contribution in [2.75, 3.05) is 4.90 Å². The van der Waals surface area contributed by atoms with Gasteiger partial charge in [-0.1, -0.05) is 30.4 Å². The van der Waals surface area contributed by atoms with Crippen molar-refractivity contribution in [3.63, 3.8) is 0 Å². The molecule has 2 aliphatic heterocycles. The highest BCUT2D eigenvalue weighted by molar-refractivity contribution is 6.04. The quantitative estimate of drug-likeness (QED) is 0.328. The van der Waals surface area contributed by atoms with E-state index in [9.17, 15) is 20.1 Å². The molecule has 3 heterocycles. The average Bonchev–Trinajstić information content (AvgIpc) is 3.48. The normalized spacial score (nSPS) is 21.6. The number of nitrogens with zero attached hydrogens (tertiary/aromatic N) is 3. The molecule has 0 amide bonds. The van der Waals surface area contributed by atoms with E-state index in [1.807, 2.05) is 41.3 Å². The second-order valence-corrected chi connectivity index (χ2v) is 8.28. The summed E-state index contributed by atoms with van der Waals surface area (Å²) in [7, 11) is 0. The van der Waals surface area contributed by atoms with Crippen LogP contribution in [-0.2, 0) is 4.79 Å². The van der Waals surface area contributed by atoms with Gasteiger partial charge in [-0.3, -0.25) is 9.59 Å². The van der Waals surface area contributed by atoms with Crippen LogP contribution in [0.4, 0.5) is 5.69 Å². The Hall–Kier alpha value is -4.62. The highest BCUT2D eigenvalue weighted by Crippen LogP contribution is 2.55. The molecule has 0 aliphatic carbocycles. The van der Waals surface area contributed by atoms with E-state index in [0.717, 1.165) is 11.3 Å². The molecule has 166 valence electrons. The number of rotatable bonds is 4. The molecule has 7 heteroatoms. The third kappa shape index (κ3) is 3.10. The molecule has 7 nitrogen and oxygen atoms in total. The van der Waals surface area contributed by atoms with E-state index < -0.39 is 29.4 Å². The van der Waals surface area contributed by atoms with Gasteiger partial charge in [0.15, 0.2) is 11.2 Å². The van der Waals surface area contributed by atoms with E-state index in [0.29, 0.717) is 17.1 Å². The Morgan fingerprint density at radius 2 is 1.76 bits per heavy atom. The van der Waals surface area contributed by atoms with Crippen LogP contribution in [0.2, 0.25) is 0 Å². The number of fused-ring (bicyclic) bond motifs is 3. The number of para-hydroxylation sites is 1. The van der Waals surface area contributed by atoms with E-state index >= 15 is 0 Å². The Labute approximate surface area is 196 Å². The van der Waals surface area contributed by atoms with Crippen molar-refractivity contribution in [1.82, 2.24) is 0 Å². The topological polar surface area (TPSA) is 107 Å². The molecular formula is C27H19N3O4. The summed E-state index contributed by atoms with van der Waals surface area (Å²) in [4.78, 5) is 27.2. The van der Waals surface area contributed by atoms with Crippen LogP contribution in [-0.4, -0.2) is 23.8 Å². The maximum atomic E-state index is 14.0. The van der Waals surface area contributed by atoms with Crippen LogP contribution in [0.5, 0.6) is 5.75 Å². The van der Waals surface area contributed by atoms with E-state index in [-0.39, 0.29) is 5.78 Å². The standard InChI is InChI=1S/C27H19N3O4/c1-17(31)34-20-11-8-19(9-12-20)26(32)25-24(22-7-4-14-33-22)27(15-28,16-29)23-13-10-18-5-2-3-6-21(18)30(23)25/h2-14,23-25H,1H3/t23-,24-,25-/m0/s1. The Kier molecular flexibility index (Phi) is 5.03. The number of anilines is 1. The number of furan rings is 1. The molecule has 0 unspecified atom stereocenters. The molecule has 5 rings (SSSR count). The first-order chi connectivity index (χ1) is 16.5. The van der Waals surface area contributed by atoms with Gasteiger partial charge in [-0.15, -0.1) is 0 Å². The maximum absolute atomic E-state index is 14.0. The monoisotopic (exact) mass is 449 g/mol. The molecule has 0 spiro atoms. The van der Waals surface area contributed by atoms with Crippen molar-refractivity contribution >= 4 is 23.5 Å². The van der Waals surface area contributed by atoms with E-state index in [1.54, 1.807) is 36.4 Å². The Morgan fingerprint density at radius 1 is 1.03 bits per heavy atom. The number of ether oxygens (including phenoxy) is 1. The zero-order valence-electron chi connectivity index (χ0n) is 18.2. The number of esters is 1. The number of hydrogen-bond donors (Lipinski definition) is 0. The number of benzene rings is 2. The average molecular weight is 449 g/mol. The summed E-state index contributed by atoms with van der Waals surface area (Å²) in [6.45, 7) is 1.30. The van der Waals surface area contributed by atoms with Crippen molar-refractivity contribution in [3.8, 4) is 17.9 Å². The number of carbonyl (C=O) groups excluding carboxylic acids is 2. The zero-order chi connectivity index (χ0) is 23.9. The number of carbonyl (C=O) groups is 2. The lowest BCUT2D eigenvalue weighted by Gasteiger charge is -2.35. The Bertz CT molecular complexity index is 1360. The van der Waals surface area contributed by atoms with Gasteiger partial charge in [-0.05, 0) is 48.0 Å². The van der Waals surface area contributed by atoms with Gasteiger partial charge < -0.3 is 14.1 Å². The van der Waals surface area contributed by atoms with Crippen LogP contribution in [0.3, 0.4) is 0 Å². The predicted octanol–water partition coefficient (Wildman–Crippen LogP) is 4.49. The van der Waals surface area contributed by atoms with Gasteiger partial charge in [0.1, 0.15) is 17.6 Å². The third-order valence-corrected chi connectivity index (χ3v) is 6.43. The molecule has 1 aromatic heterocycles. The van der Waals surface area contributed by atoms with Crippen LogP contribution in [0.25, 0.3) is 6.08 Å². The lowest BCUT2D eigenvalue weighted by molar-refractivity contribution is -0.131. The van der Waals surface area contributed by atoms with Crippen LogP contribution in [0.1, 0.15) is 34.5 Å². The minimum absolute atomic E-state index is 0.266. The molecular weight excluding hydrogens is 430 g/mol. The van der Waals surface area contributed by atoms with Gasteiger partial charge in [-0.25, -0.2) is 0 Å². The first kappa shape index (κ1) is 21.2. The summed E-state index contributed by atoms with van der Waals surface area (Å²) >= 11 is 0. The van der Waals surface area contributed by atoms with Crippen LogP contribution < -0.4 is 9.64 Å². The molecule has 0 N–H and O–H groups in total. The van der Waals surface area contributed by atoms with Gasteiger partial charge in [0.25, 0.3) is 0 Å². The molecule has 0 radical (unpaired) electrons. The smallest absolute Gasteiger partial charge is 0.308 e. The second-order valence-electron chi connectivity index (χ2n) is 8.28. The summed E-state index contributed by atoms with van der Waals surface area (Å²) in [5, 5.41) is 20.7. The van der Waals surface area contributed by atoms with Gasteiger partial charge in [0.05, 0.1) is 30.4 Å². The molecule has 1 fully saturated rings. The van der Waals surface area contributed by atoms with Crippen molar-refractivity contribution in [2.24, 2.45) is 5.41 Å². The lowest BCUT2D eigenvalue weighted by Crippen LogP contribution is -2.44. The SMILES string of the molecule is CC(=O)Oc1ccc(C(=O)[C@@H]2[C@H](c3ccco3)C(C#N)(C#N)[C@@H]3C=Cc4ccccc4N23)cc1. The minimum atomic E-state index is -1.56. The third-order valence-electron chi connectivity index (χ3n) is 6.43. The highest BCUT2D eigenvalue weighted by Gasteiger charge is 2.64. The molecule has 3 atom stereocenters. The first-order valence-electron chi connectivity index (χ1n) is 10.7. The summed E-state index contributed by atoms with van der Waals surface area (Å²) in [6, 6.07) is 20.2. The van der Waals surface area contributed by atoms with E-state index in [1.165, 1.54) is 13.2 Å². The van der Waals surface area contributed by atoms with Gasteiger partial charge in [0, 0.05) is 18.2 Å². The van der Waals surface area contributed by atoms with Crippen LogP contribution >= 0.6 is 0 Å². The summed E-state index contributed by atoms with van der Waals surface area (Å²) in [5.41, 5.74) is 0.482. The largest absolute Gasteiger partial charge is 0.469 e. The lowest BCUT2D eigenvalue weighted by atomic mass is 9.71. The molecule has 0 bridgehead atoms. The van der Waals surface area contributed by atoms with Gasteiger partial charge in [0.2, 0.25) is 0 Å². The van der Waals surface area contributed by atoms with E-state index in [4.69, 9.17) is 9.15 Å². The molecule has 3 aromatic rings. The van der Waals surface area contributed by atoms with Crippen molar-refractivity contribution < 1.29 is 18.7 Å². The van der Waals surface area contributed by atoms with Crippen molar-refractivity contribution in [1.29, 1.82) is 10.5 Å². The molecule has 1 saturated heterocycles. The fourth-order valence-electron chi connectivity index (χ4n) is 5.03. The minimum Gasteiger partial charge on any atom is -0.469 e. The zero-order valence-corrected chi connectivity index (χ0v) is 18.2. The number of ketones is 1. The molecule has 34 heavy (non-hydrogen) atoms. The van der Waals surface area contributed by atoms with Crippen LogP contribution in [0.15, 0.2) is 77.4 Å². The molecule has 0 saturated carbocycles. The maximum Gasteiger partial charge on any atom is 0.308 e. The molecule has 2 aromatic carbocycles. The predicted molar refractivity (Wildman–Crippen MR) is 123 cm³/mol. The van der Waals surface area contributed by atoms with E-state index in [2.05, 4.69) is 12.1 Å². The van der Waals surface area contributed by atoms with Gasteiger partial charge >= 0.3 is 5.97 Å². The Balaban J connectivity index is 1.68. The first-order valence-corrected chi connectivity index (χ1v) is 10.7. The fraction of sp³-hybridized carbons (Fsp3) is 0.185. The van der Waals surface area contributed by atoms with Gasteiger partial charge in [-0.2, -0.15) is 10.5 Å². The fourth-order valence-corrected chi connectivity index (χ4v) is 5.03. The molecule has 2 aliphatic rings. The number of hydrogen-bond acceptors (Lipinski definition) is 7. The summed E-state index contributed by atoms with van der Waals surface area (Å²) < 4.78 is 10.8. The second kappa shape index (κ2) is 8.06.